The molecule has 0 radical (unpaired) electrons. The van der Waals surface area contributed by atoms with E-state index in [1.54, 1.807) is 6.08 Å². The van der Waals surface area contributed by atoms with Crippen LogP contribution in [-0.2, 0) is 4.79 Å². The molecule has 4 heteroatoms. The molecule has 2 unspecified atom stereocenters. The Morgan fingerprint density at radius 3 is 1.03 bits per heavy atom. The summed E-state index contributed by atoms with van der Waals surface area (Å²) in [5.74, 6) is -0.0807. The van der Waals surface area contributed by atoms with E-state index < -0.39 is 12.1 Å². The lowest BCUT2D eigenvalue weighted by Crippen LogP contribution is -2.45. The normalized spacial score (nSPS) is 13.4. The molecule has 0 aromatic rings. The molecule has 0 fully saturated rings. The Morgan fingerprint density at radius 2 is 0.662 bits per heavy atom. The fourth-order valence-corrected chi connectivity index (χ4v) is 8.85. The van der Waals surface area contributed by atoms with E-state index in [0.29, 0.717) is 6.42 Å². The van der Waals surface area contributed by atoms with Crippen LogP contribution in [-0.4, -0.2) is 34.9 Å². The van der Waals surface area contributed by atoms with Gasteiger partial charge in [0.25, 0.3) is 0 Å². The third kappa shape index (κ3) is 54.5. The molecular formula is C64H115NO3. The van der Waals surface area contributed by atoms with Gasteiger partial charge in [-0.3, -0.25) is 4.79 Å². The van der Waals surface area contributed by atoms with Crippen LogP contribution in [0.1, 0.15) is 296 Å². The Bertz CT molecular complexity index is 1210. The van der Waals surface area contributed by atoms with Crippen molar-refractivity contribution in [3.63, 3.8) is 0 Å². The van der Waals surface area contributed by atoms with Crippen LogP contribution in [0.15, 0.2) is 85.1 Å². The molecule has 4 nitrogen and oxygen atoms in total. The topological polar surface area (TPSA) is 69.6 Å². The molecule has 2 atom stereocenters. The van der Waals surface area contributed by atoms with Crippen LogP contribution in [0.25, 0.3) is 0 Å². The van der Waals surface area contributed by atoms with Gasteiger partial charge in [0.2, 0.25) is 5.91 Å². The van der Waals surface area contributed by atoms with Crippen molar-refractivity contribution in [1.29, 1.82) is 0 Å². The second-order valence-corrected chi connectivity index (χ2v) is 20.0. The van der Waals surface area contributed by atoms with Gasteiger partial charge in [0.1, 0.15) is 0 Å². The zero-order chi connectivity index (χ0) is 49.2. The third-order valence-corrected chi connectivity index (χ3v) is 13.3. The number of hydrogen-bond acceptors (Lipinski definition) is 3. The molecule has 0 rings (SSSR count). The molecule has 68 heavy (non-hydrogen) atoms. The Balaban J connectivity index is 3.56. The Hall–Kier alpha value is -2.43. The minimum atomic E-state index is -0.877. The first-order valence-corrected chi connectivity index (χ1v) is 29.8. The fraction of sp³-hybridized carbons (Fsp3) is 0.766. The molecule has 0 aliphatic rings. The van der Waals surface area contributed by atoms with Gasteiger partial charge in [-0.15, -0.1) is 0 Å². The van der Waals surface area contributed by atoms with Crippen molar-refractivity contribution in [1.82, 2.24) is 5.32 Å². The van der Waals surface area contributed by atoms with Gasteiger partial charge in [-0.25, -0.2) is 0 Å². The Morgan fingerprint density at radius 1 is 0.368 bits per heavy atom. The Kier molecular flexibility index (Phi) is 56.8. The van der Waals surface area contributed by atoms with Crippen LogP contribution in [0.4, 0.5) is 0 Å². The summed E-state index contributed by atoms with van der Waals surface area (Å²) in [6, 6.07) is -0.653. The molecule has 3 N–H and O–H groups in total. The molecule has 1 amide bonds. The maximum atomic E-state index is 12.5. The van der Waals surface area contributed by atoms with Crippen molar-refractivity contribution in [2.24, 2.45) is 0 Å². The van der Waals surface area contributed by atoms with Crippen LogP contribution >= 0.6 is 0 Å². The number of carbonyl (C=O) groups is 1. The molecule has 0 aromatic heterocycles. The zero-order valence-electron chi connectivity index (χ0n) is 45.4. The molecule has 0 aromatic carbocycles. The first-order chi connectivity index (χ1) is 33.7. The molecular weight excluding hydrogens is 831 g/mol. The second kappa shape index (κ2) is 58.9. The molecule has 0 aliphatic carbocycles. The van der Waals surface area contributed by atoms with Crippen LogP contribution < -0.4 is 5.32 Å². The minimum Gasteiger partial charge on any atom is -0.394 e. The number of rotatable bonds is 54. The summed E-state index contributed by atoms with van der Waals surface area (Å²) in [7, 11) is 0. The number of carbonyl (C=O) groups excluding carboxylic acids is 1. The highest BCUT2D eigenvalue weighted by Crippen LogP contribution is 2.17. The lowest BCUT2D eigenvalue weighted by atomic mass is 10.0. The number of hydrogen-bond donors (Lipinski definition) is 3. The molecule has 0 saturated heterocycles. The molecule has 0 saturated carbocycles. The predicted molar refractivity (Wildman–Crippen MR) is 303 cm³/mol. The second-order valence-electron chi connectivity index (χ2n) is 20.0. The van der Waals surface area contributed by atoms with Gasteiger partial charge in [-0.05, 0) is 83.5 Å². The highest BCUT2D eigenvalue weighted by atomic mass is 16.3. The molecule has 0 aliphatic heterocycles. The lowest BCUT2D eigenvalue weighted by Gasteiger charge is -2.19. The molecule has 394 valence electrons. The first kappa shape index (κ1) is 65.6. The molecule has 0 heterocycles. The SMILES string of the molecule is CC/C=C\C/C=C\C/C=C\C/C=C\CCCCCCCCCCCCCCC(=O)NC(CO)C(O)/C=C/CC/C=C/CC/C=C/CCCCCCCCCCCCCCCCCCCCCCC. The predicted octanol–water partition coefficient (Wildman–Crippen LogP) is 19.9. The number of nitrogens with one attached hydrogen (secondary N) is 1. The molecule has 0 spiro atoms. The highest BCUT2D eigenvalue weighted by Gasteiger charge is 2.18. The quantitative estimate of drug-likeness (QED) is 0.0420. The average molecular weight is 947 g/mol. The van der Waals surface area contributed by atoms with Crippen LogP contribution in [0.5, 0.6) is 0 Å². The zero-order valence-corrected chi connectivity index (χ0v) is 45.4. The van der Waals surface area contributed by atoms with Crippen LogP contribution in [0.3, 0.4) is 0 Å². The number of allylic oxidation sites excluding steroid dienone is 13. The van der Waals surface area contributed by atoms with E-state index in [9.17, 15) is 15.0 Å². The maximum Gasteiger partial charge on any atom is 0.220 e. The lowest BCUT2D eigenvalue weighted by molar-refractivity contribution is -0.123. The van der Waals surface area contributed by atoms with Gasteiger partial charge in [0, 0.05) is 6.42 Å². The van der Waals surface area contributed by atoms with Gasteiger partial charge in [-0.2, -0.15) is 0 Å². The smallest absolute Gasteiger partial charge is 0.220 e. The highest BCUT2D eigenvalue weighted by molar-refractivity contribution is 5.76. The summed E-state index contributed by atoms with van der Waals surface area (Å²) in [6.45, 7) is 4.20. The summed E-state index contributed by atoms with van der Waals surface area (Å²) in [5.41, 5.74) is 0. The van der Waals surface area contributed by atoms with Gasteiger partial charge in [-0.1, -0.05) is 292 Å². The number of unbranched alkanes of at least 4 members (excludes halogenated alkanes) is 35. The van der Waals surface area contributed by atoms with E-state index in [2.05, 4.69) is 92.1 Å². The monoisotopic (exact) mass is 946 g/mol. The summed E-state index contributed by atoms with van der Waals surface area (Å²) in [5, 5.41) is 23.2. The minimum absolute atomic E-state index is 0.0807. The van der Waals surface area contributed by atoms with Crippen molar-refractivity contribution in [2.75, 3.05) is 6.61 Å². The van der Waals surface area contributed by atoms with E-state index in [0.717, 1.165) is 64.2 Å². The van der Waals surface area contributed by atoms with Crippen LogP contribution in [0.2, 0.25) is 0 Å². The van der Waals surface area contributed by atoms with E-state index in [1.807, 2.05) is 6.08 Å². The Labute approximate surface area is 424 Å². The van der Waals surface area contributed by atoms with Gasteiger partial charge < -0.3 is 15.5 Å². The third-order valence-electron chi connectivity index (χ3n) is 13.3. The summed E-state index contributed by atoms with van der Waals surface area (Å²) < 4.78 is 0. The summed E-state index contributed by atoms with van der Waals surface area (Å²) in [6.07, 6.45) is 86.2. The largest absolute Gasteiger partial charge is 0.394 e. The van der Waals surface area contributed by atoms with Crippen molar-refractivity contribution in [3.05, 3.63) is 85.1 Å². The van der Waals surface area contributed by atoms with Gasteiger partial charge in [0.05, 0.1) is 18.8 Å². The van der Waals surface area contributed by atoms with Crippen molar-refractivity contribution >= 4 is 5.91 Å². The average Bonchev–Trinajstić information content (AvgIpc) is 3.34. The van der Waals surface area contributed by atoms with Crippen molar-refractivity contribution in [2.45, 2.75) is 309 Å². The van der Waals surface area contributed by atoms with Crippen LogP contribution in [0, 0.1) is 0 Å². The summed E-state index contributed by atoms with van der Waals surface area (Å²) in [4.78, 5) is 12.5. The van der Waals surface area contributed by atoms with Crippen molar-refractivity contribution in [3.8, 4) is 0 Å². The number of aliphatic hydroxyl groups is 2. The van der Waals surface area contributed by atoms with E-state index in [1.165, 1.54) is 212 Å². The number of amides is 1. The first-order valence-electron chi connectivity index (χ1n) is 29.8. The maximum absolute atomic E-state index is 12.5. The standard InChI is InChI=1S/C64H115NO3/c1-3-5-7-9-11-13-15-17-19-21-23-25-27-29-30-31-32-33-34-36-37-39-41-43-45-47-49-51-53-55-57-59-63(67)62(61-66)65-64(68)60-58-56-54-52-50-48-46-44-42-40-38-35-28-26-24-22-20-18-16-14-12-10-8-6-4-2/h6,8,12,14,18,20,24,26,41,43,49,51,57,59,62-63,66-67H,3-5,7,9-11,13,15-17,19,21-23,25,27-40,42,44-48,50,52-56,58,60-61H2,1-2H3,(H,65,68)/b8-6-,14-12-,20-18-,26-24-,43-41+,51-49+,59-57+. The fourth-order valence-electron chi connectivity index (χ4n) is 8.85. The molecule has 0 bridgehead atoms. The van der Waals surface area contributed by atoms with Gasteiger partial charge in [0.15, 0.2) is 0 Å². The summed E-state index contributed by atoms with van der Waals surface area (Å²) >= 11 is 0. The van der Waals surface area contributed by atoms with Gasteiger partial charge >= 0.3 is 0 Å². The number of aliphatic hydroxyl groups excluding tert-OH is 2. The van der Waals surface area contributed by atoms with E-state index >= 15 is 0 Å². The van der Waals surface area contributed by atoms with E-state index in [-0.39, 0.29) is 12.5 Å². The van der Waals surface area contributed by atoms with Crippen molar-refractivity contribution < 1.29 is 15.0 Å². The van der Waals surface area contributed by atoms with E-state index in [4.69, 9.17) is 0 Å².